The van der Waals surface area contributed by atoms with Crippen molar-refractivity contribution in [2.75, 3.05) is 6.61 Å². The van der Waals surface area contributed by atoms with Gasteiger partial charge in [0, 0.05) is 0 Å². The fraction of sp³-hybridized carbons (Fsp3) is 0.955. The number of aliphatic hydroxyl groups is 2. The van der Waals surface area contributed by atoms with E-state index in [4.69, 9.17) is 14.9 Å². The molecule has 1 atom stereocenters. The van der Waals surface area contributed by atoms with Crippen LogP contribution in [0.25, 0.3) is 0 Å². The van der Waals surface area contributed by atoms with E-state index in [-0.39, 0.29) is 6.61 Å². The van der Waals surface area contributed by atoms with Crippen LogP contribution in [0.15, 0.2) is 0 Å². The number of unbranched alkanes of at least 4 members (excludes halogenated alkanes) is 9. The minimum absolute atomic E-state index is 0.258. The zero-order chi connectivity index (χ0) is 20.4. The van der Waals surface area contributed by atoms with E-state index in [9.17, 15) is 4.79 Å². The number of hydrogen-bond donors (Lipinski definition) is 2. The van der Waals surface area contributed by atoms with Crippen molar-refractivity contribution in [2.45, 2.75) is 124 Å². The zero-order valence-corrected chi connectivity index (χ0v) is 18.4. The number of ether oxygens (including phenoxy) is 1. The predicted molar refractivity (Wildman–Crippen MR) is 110 cm³/mol. The molecule has 26 heavy (non-hydrogen) atoms. The number of rotatable bonds is 14. The van der Waals surface area contributed by atoms with E-state index in [1.54, 1.807) is 13.8 Å². The first-order valence-corrected chi connectivity index (χ1v) is 10.7. The largest absolute Gasteiger partial charge is 0.455 e. The summed E-state index contributed by atoms with van der Waals surface area (Å²) in [6.07, 6.45) is 14.9. The fourth-order valence-corrected chi connectivity index (χ4v) is 2.43. The summed E-state index contributed by atoms with van der Waals surface area (Å²) < 4.78 is 4.71. The molecule has 0 bridgehead atoms. The first-order valence-electron chi connectivity index (χ1n) is 10.7. The van der Waals surface area contributed by atoms with Gasteiger partial charge in [0.15, 0.2) is 0 Å². The Morgan fingerprint density at radius 1 is 0.885 bits per heavy atom. The standard InChI is InChI=1S/C15H32.C7H14O4/c1-4-5-6-7-8-9-10-11-12-13-14-15(2)3;1-5(9)6(10)11-7(2,3)4-8/h15H,4-14H2,1-3H3;5,8-9H,4H2,1-3H3. The SMILES string of the molecule is CC(O)C(=O)OC(C)(C)CO.CCCCCCCCCCCCC(C)C. The second kappa shape index (κ2) is 17.8. The maximum absolute atomic E-state index is 10.7. The second-order valence-electron chi connectivity index (χ2n) is 8.38. The lowest BCUT2D eigenvalue weighted by atomic mass is 10.0. The van der Waals surface area contributed by atoms with E-state index in [0.29, 0.717) is 0 Å². The molecule has 0 aromatic rings. The lowest BCUT2D eigenvalue weighted by Crippen LogP contribution is -2.35. The Bertz CT molecular complexity index is 311. The van der Waals surface area contributed by atoms with Gasteiger partial charge in [0.2, 0.25) is 0 Å². The summed E-state index contributed by atoms with van der Waals surface area (Å²) >= 11 is 0. The van der Waals surface area contributed by atoms with Crippen LogP contribution in [-0.2, 0) is 9.53 Å². The molecule has 2 N–H and O–H groups in total. The predicted octanol–water partition coefficient (Wildman–Crippen LogP) is 5.63. The highest BCUT2D eigenvalue weighted by molar-refractivity contribution is 5.74. The average molecular weight is 375 g/mol. The molecule has 0 radical (unpaired) electrons. The highest BCUT2D eigenvalue weighted by Crippen LogP contribution is 2.13. The average Bonchev–Trinajstić information content (AvgIpc) is 2.56. The number of carbonyl (C=O) groups is 1. The van der Waals surface area contributed by atoms with Gasteiger partial charge < -0.3 is 14.9 Å². The molecule has 0 rings (SSSR count). The van der Waals surface area contributed by atoms with Crippen molar-refractivity contribution in [2.24, 2.45) is 5.92 Å². The molecular formula is C22H46O4. The summed E-state index contributed by atoms with van der Waals surface area (Å²) in [5.41, 5.74) is -0.909. The van der Waals surface area contributed by atoms with Crippen molar-refractivity contribution in [3.05, 3.63) is 0 Å². The Kier molecular flexibility index (Phi) is 18.9. The van der Waals surface area contributed by atoms with Crippen molar-refractivity contribution in [1.29, 1.82) is 0 Å². The van der Waals surface area contributed by atoms with E-state index in [1.165, 1.54) is 77.6 Å². The molecule has 158 valence electrons. The molecule has 0 aromatic heterocycles. The molecule has 0 heterocycles. The second-order valence-corrected chi connectivity index (χ2v) is 8.38. The number of hydrogen-bond acceptors (Lipinski definition) is 4. The van der Waals surface area contributed by atoms with Crippen LogP contribution in [0.5, 0.6) is 0 Å². The molecule has 0 amide bonds. The Labute approximate surface area is 162 Å². The lowest BCUT2D eigenvalue weighted by molar-refractivity contribution is -0.169. The highest BCUT2D eigenvalue weighted by atomic mass is 16.6. The number of esters is 1. The first kappa shape index (κ1) is 27.6. The Morgan fingerprint density at radius 3 is 1.65 bits per heavy atom. The van der Waals surface area contributed by atoms with Gasteiger partial charge in [0.1, 0.15) is 11.7 Å². The summed E-state index contributed by atoms with van der Waals surface area (Å²) in [6, 6.07) is 0. The third-order valence-corrected chi connectivity index (χ3v) is 4.23. The van der Waals surface area contributed by atoms with Gasteiger partial charge in [-0.05, 0) is 26.7 Å². The van der Waals surface area contributed by atoms with E-state index >= 15 is 0 Å². The molecule has 4 heteroatoms. The molecule has 0 aromatic carbocycles. The first-order chi connectivity index (χ1) is 12.2. The zero-order valence-electron chi connectivity index (χ0n) is 18.4. The maximum Gasteiger partial charge on any atom is 0.335 e. The molecule has 0 aliphatic carbocycles. The summed E-state index contributed by atoms with van der Waals surface area (Å²) in [4.78, 5) is 10.7. The summed E-state index contributed by atoms with van der Waals surface area (Å²) in [7, 11) is 0. The molecule has 0 fully saturated rings. The van der Waals surface area contributed by atoms with Crippen molar-refractivity contribution >= 4 is 5.97 Å². The van der Waals surface area contributed by atoms with E-state index in [2.05, 4.69) is 20.8 Å². The van der Waals surface area contributed by atoms with Crippen LogP contribution >= 0.6 is 0 Å². The topological polar surface area (TPSA) is 66.8 Å². The summed E-state index contributed by atoms with van der Waals surface area (Å²) in [5, 5.41) is 17.4. The Hall–Kier alpha value is -0.610. The molecule has 1 unspecified atom stereocenters. The van der Waals surface area contributed by atoms with Gasteiger partial charge in [0.25, 0.3) is 0 Å². The summed E-state index contributed by atoms with van der Waals surface area (Å²) in [6.45, 7) is 11.1. The minimum atomic E-state index is -1.14. The van der Waals surface area contributed by atoms with Gasteiger partial charge in [-0.3, -0.25) is 0 Å². The van der Waals surface area contributed by atoms with Gasteiger partial charge in [-0.15, -0.1) is 0 Å². The van der Waals surface area contributed by atoms with Crippen molar-refractivity contribution < 1.29 is 19.7 Å². The number of carbonyl (C=O) groups excluding carboxylic acids is 1. The molecular weight excluding hydrogens is 328 g/mol. The van der Waals surface area contributed by atoms with E-state index in [1.807, 2.05) is 0 Å². The quantitative estimate of drug-likeness (QED) is 0.305. The van der Waals surface area contributed by atoms with Crippen LogP contribution < -0.4 is 0 Å². The van der Waals surface area contributed by atoms with Crippen LogP contribution in [-0.4, -0.2) is 34.5 Å². The van der Waals surface area contributed by atoms with Crippen molar-refractivity contribution in [3.63, 3.8) is 0 Å². The van der Waals surface area contributed by atoms with Crippen LogP contribution in [0, 0.1) is 5.92 Å². The Balaban J connectivity index is 0. The number of aliphatic hydroxyl groups excluding tert-OH is 2. The maximum atomic E-state index is 10.7. The van der Waals surface area contributed by atoms with Crippen molar-refractivity contribution in [3.8, 4) is 0 Å². The summed E-state index contributed by atoms with van der Waals surface area (Å²) in [5.74, 6) is 0.183. The lowest BCUT2D eigenvalue weighted by Gasteiger charge is -2.22. The van der Waals surface area contributed by atoms with Gasteiger partial charge in [0.05, 0.1) is 6.61 Å². The van der Waals surface area contributed by atoms with Crippen molar-refractivity contribution in [1.82, 2.24) is 0 Å². The van der Waals surface area contributed by atoms with Gasteiger partial charge in [-0.1, -0.05) is 91.4 Å². The molecule has 4 nitrogen and oxygen atoms in total. The van der Waals surface area contributed by atoms with Crippen LogP contribution in [0.1, 0.15) is 112 Å². The smallest absolute Gasteiger partial charge is 0.335 e. The van der Waals surface area contributed by atoms with Gasteiger partial charge in [-0.25, -0.2) is 4.79 Å². The molecule has 0 aliphatic rings. The Morgan fingerprint density at radius 2 is 1.31 bits per heavy atom. The van der Waals surface area contributed by atoms with Crippen LogP contribution in [0.2, 0.25) is 0 Å². The molecule has 0 aliphatic heterocycles. The van der Waals surface area contributed by atoms with Gasteiger partial charge in [-0.2, -0.15) is 0 Å². The van der Waals surface area contributed by atoms with Gasteiger partial charge >= 0.3 is 5.97 Å². The minimum Gasteiger partial charge on any atom is -0.455 e. The van der Waals surface area contributed by atoms with Crippen LogP contribution in [0.4, 0.5) is 0 Å². The third kappa shape index (κ3) is 21.4. The monoisotopic (exact) mass is 374 g/mol. The molecule has 0 spiro atoms. The van der Waals surface area contributed by atoms with E-state index < -0.39 is 17.7 Å². The van der Waals surface area contributed by atoms with Crippen LogP contribution in [0.3, 0.4) is 0 Å². The normalized spacial score (nSPS) is 12.5. The molecule has 0 saturated carbocycles. The molecule has 0 saturated heterocycles. The third-order valence-electron chi connectivity index (χ3n) is 4.23. The fourth-order valence-electron chi connectivity index (χ4n) is 2.43. The highest BCUT2D eigenvalue weighted by Gasteiger charge is 2.23. The van der Waals surface area contributed by atoms with E-state index in [0.717, 1.165) is 5.92 Å².